The minimum atomic E-state index is 0.0438. The Morgan fingerprint density at radius 2 is 1.58 bits per heavy atom. The van der Waals surface area contributed by atoms with Crippen LogP contribution in [0.4, 0.5) is 11.4 Å². The lowest BCUT2D eigenvalue weighted by Crippen LogP contribution is -2.48. The largest absolute Gasteiger partial charge is 0.372 e. The molecule has 8 heteroatoms. The van der Waals surface area contributed by atoms with Crippen LogP contribution in [-0.2, 0) is 4.79 Å². The van der Waals surface area contributed by atoms with Crippen molar-refractivity contribution in [3.8, 4) is 5.69 Å². The number of nitrogens with one attached hydrogen (secondary N) is 2. The summed E-state index contributed by atoms with van der Waals surface area (Å²) in [6, 6.07) is 12.3. The van der Waals surface area contributed by atoms with Crippen LogP contribution in [0.1, 0.15) is 64.4 Å². The monoisotopic (exact) mass is 530 g/mol. The van der Waals surface area contributed by atoms with Crippen LogP contribution in [0.3, 0.4) is 0 Å². The smallest absolute Gasteiger partial charge is 0.226 e. The molecule has 0 unspecified atom stereocenters. The number of hydrogen-bond acceptors (Lipinski definition) is 5. The zero-order valence-corrected chi connectivity index (χ0v) is 23.5. The van der Waals surface area contributed by atoms with Crippen LogP contribution in [-0.4, -0.2) is 39.1 Å². The SMILES string of the molecule is CCN(CC)c1ccc(-n2nc3cc(C)c(NC(=S)NC(=O)CC45CC6CC(CC(C6)C4)C5)cc3n2)cc1. The third-order valence-electron chi connectivity index (χ3n) is 9.14. The molecule has 0 spiro atoms. The maximum absolute atomic E-state index is 13.0. The molecule has 2 aromatic carbocycles. The van der Waals surface area contributed by atoms with E-state index in [1.54, 1.807) is 4.80 Å². The number of aromatic nitrogens is 3. The second-order valence-electron chi connectivity index (χ2n) is 11.9. The highest BCUT2D eigenvalue weighted by atomic mass is 32.1. The van der Waals surface area contributed by atoms with Gasteiger partial charge in [-0.2, -0.15) is 4.80 Å². The first-order valence-corrected chi connectivity index (χ1v) is 14.6. The highest BCUT2D eigenvalue weighted by Crippen LogP contribution is 2.61. The van der Waals surface area contributed by atoms with Crippen LogP contribution in [0.5, 0.6) is 0 Å². The number of carbonyl (C=O) groups is 1. The molecule has 38 heavy (non-hydrogen) atoms. The molecule has 4 saturated carbocycles. The van der Waals surface area contributed by atoms with Crippen molar-refractivity contribution in [1.82, 2.24) is 20.3 Å². The van der Waals surface area contributed by atoms with Crippen molar-refractivity contribution in [3.05, 3.63) is 42.0 Å². The maximum Gasteiger partial charge on any atom is 0.226 e. The van der Waals surface area contributed by atoms with Gasteiger partial charge in [-0.1, -0.05) is 0 Å². The summed E-state index contributed by atoms with van der Waals surface area (Å²) in [5, 5.41) is 16.0. The van der Waals surface area contributed by atoms with E-state index < -0.39 is 0 Å². The normalized spacial score (nSPS) is 25.5. The molecule has 7 nitrogen and oxygen atoms in total. The fraction of sp³-hybridized carbons (Fsp3) is 0.533. The second kappa shape index (κ2) is 9.95. The number of nitrogens with zero attached hydrogens (tertiary/aromatic N) is 4. The van der Waals surface area contributed by atoms with Gasteiger partial charge >= 0.3 is 0 Å². The van der Waals surface area contributed by atoms with E-state index in [2.05, 4.69) is 41.5 Å². The van der Waals surface area contributed by atoms with E-state index in [9.17, 15) is 4.79 Å². The summed E-state index contributed by atoms with van der Waals surface area (Å²) in [5.41, 5.74) is 5.73. The Morgan fingerprint density at radius 3 is 2.16 bits per heavy atom. The fourth-order valence-electron chi connectivity index (χ4n) is 7.88. The van der Waals surface area contributed by atoms with Gasteiger partial charge in [0.2, 0.25) is 5.91 Å². The molecule has 1 amide bonds. The van der Waals surface area contributed by atoms with Gasteiger partial charge in [0.25, 0.3) is 0 Å². The van der Waals surface area contributed by atoms with E-state index in [1.807, 2.05) is 31.2 Å². The number of carbonyl (C=O) groups excluding carboxylic acids is 1. The molecule has 0 radical (unpaired) electrons. The first kappa shape index (κ1) is 25.3. The summed E-state index contributed by atoms with van der Waals surface area (Å²) in [7, 11) is 0. The van der Waals surface area contributed by atoms with Crippen LogP contribution in [0, 0.1) is 30.1 Å². The molecule has 2 N–H and O–H groups in total. The molecule has 0 aliphatic heterocycles. The molecule has 1 aromatic heterocycles. The molecule has 4 aliphatic rings. The molecule has 3 aromatic rings. The Balaban J connectivity index is 1.12. The first-order chi connectivity index (χ1) is 18.3. The van der Waals surface area contributed by atoms with Gasteiger partial charge < -0.3 is 15.5 Å². The van der Waals surface area contributed by atoms with Gasteiger partial charge in [0.05, 0.1) is 5.69 Å². The Morgan fingerprint density at radius 1 is 1.00 bits per heavy atom. The number of benzene rings is 2. The maximum atomic E-state index is 13.0. The van der Waals surface area contributed by atoms with Gasteiger partial charge in [-0.05, 0) is 137 Å². The molecule has 1 heterocycles. The number of fused-ring (bicyclic) bond motifs is 1. The van der Waals surface area contributed by atoms with Crippen molar-refractivity contribution in [2.24, 2.45) is 23.2 Å². The lowest BCUT2D eigenvalue weighted by molar-refractivity contribution is -0.127. The van der Waals surface area contributed by atoms with Gasteiger partial charge in [-0.25, -0.2) is 0 Å². The summed E-state index contributed by atoms with van der Waals surface area (Å²) in [6.45, 7) is 8.28. The van der Waals surface area contributed by atoms with Gasteiger partial charge in [-0.15, -0.1) is 10.2 Å². The molecule has 0 atom stereocenters. The van der Waals surface area contributed by atoms with Crippen LogP contribution in [0.15, 0.2) is 36.4 Å². The zero-order chi connectivity index (χ0) is 26.4. The van der Waals surface area contributed by atoms with Gasteiger partial charge in [0.15, 0.2) is 5.11 Å². The van der Waals surface area contributed by atoms with Crippen LogP contribution >= 0.6 is 12.2 Å². The number of aryl methyl sites for hydroxylation is 1. The number of anilines is 2. The predicted molar refractivity (Wildman–Crippen MR) is 157 cm³/mol. The average Bonchev–Trinajstić information content (AvgIpc) is 3.26. The summed E-state index contributed by atoms with van der Waals surface area (Å²) in [4.78, 5) is 17.0. The van der Waals surface area contributed by atoms with Crippen molar-refractivity contribution in [3.63, 3.8) is 0 Å². The fourth-order valence-corrected chi connectivity index (χ4v) is 8.10. The summed E-state index contributed by atoms with van der Waals surface area (Å²) in [6.07, 6.45) is 8.40. The van der Waals surface area contributed by atoms with Gasteiger partial charge in [0, 0.05) is 30.9 Å². The number of rotatable bonds is 7. The van der Waals surface area contributed by atoms with Crippen molar-refractivity contribution in [2.75, 3.05) is 23.3 Å². The Bertz CT molecular complexity index is 1320. The molecule has 7 rings (SSSR count). The van der Waals surface area contributed by atoms with E-state index in [0.717, 1.165) is 58.8 Å². The molecule has 4 bridgehead atoms. The molecule has 4 fully saturated rings. The van der Waals surface area contributed by atoms with Crippen molar-refractivity contribution in [1.29, 1.82) is 0 Å². The van der Waals surface area contributed by atoms with E-state index in [0.29, 0.717) is 11.5 Å². The number of hydrogen-bond donors (Lipinski definition) is 2. The number of thiocarbonyl (C=S) groups is 1. The molecular formula is C30H38N6OS. The summed E-state index contributed by atoms with van der Waals surface area (Å²) in [5.74, 6) is 2.55. The van der Waals surface area contributed by atoms with Crippen LogP contribution in [0.2, 0.25) is 0 Å². The summed E-state index contributed by atoms with van der Waals surface area (Å²) >= 11 is 5.55. The second-order valence-corrected chi connectivity index (χ2v) is 12.3. The van der Waals surface area contributed by atoms with E-state index in [1.165, 1.54) is 44.2 Å². The zero-order valence-electron chi connectivity index (χ0n) is 22.7. The van der Waals surface area contributed by atoms with Gasteiger partial charge in [-0.3, -0.25) is 4.79 Å². The molecule has 4 aliphatic carbocycles. The minimum absolute atomic E-state index is 0.0438. The van der Waals surface area contributed by atoms with E-state index in [4.69, 9.17) is 22.4 Å². The quantitative estimate of drug-likeness (QED) is 0.365. The third-order valence-corrected chi connectivity index (χ3v) is 9.34. The van der Waals surface area contributed by atoms with Crippen molar-refractivity contribution in [2.45, 2.75) is 65.7 Å². The Labute approximate surface area is 230 Å². The summed E-state index contributed by atoms with van der Waals surface area (Å²) < 4.78 is 0. The van der Waals surface area contributed by atoms with Crippen LogP contribution < -0.4 is 15.5 Å². The Kier molecular flexibility index (Phi) is 6.62. The third kappa shape index (κ3) is 4.91. The van der Waals surface area contributed by atoms with E-state index >= 15 is 0 Å². The standard InChI is InChI=1S/C30H38N6OS/c1-4-35(5-2)23-6-8-24(9-7-23)36-33-26-10-19(3)25(14-27(26)34-36)31-29(38)32-28(37)18-30-15-20-11-21(16-30)13-22(12-20)17-30/h6-10,14,20-22H,4-5,11-13,15-18H2,1-3H3,(H2,31,32,37,38). The molecule has 0 saturated heterocycles. The van der Waals surface area contributed by atoms with Gasteiger partial charge in [0.1, 0.15) is 11.0 Å². The Hall–Kier alpha value is -3.00. The van der Waals surface area contributed by atoms with Crippen LogP contribution in [0.25, 0.3) is 16.7 Å². The van der Waals surface area contributed by atoms with Crippen molar-refractivity contribution < 1.29 is 4.79 Å². The van der Waals surface area contributed by atoms with E-state index in [-0.39, 0.29) is 11.3 Å². The molecule has 200 valence electrons. The lowest BCUT2D eigenvalue weighted by atomic mass is 9.49. The molecular weight excluding hydrogens is 492 g/mol. The number of amides is 1. The first-order valence-electron chi connectivity index (χ1n) is 14.2. The highest BCUT2D eigenvalue weighted by Gasteiger charge is 2.51. The average molecular weight is 531 g/mol. The van der Waals surface area contributed by atoms with Crippen molar-refractivity contribution >= 4 is 45.6 Å². The predicted octanol–water partition coefficient (Wildman–Crippen LogP) is 5.99. The highest BCUT2D eigenvalue weighted by molar-refractivity contribution is 7.80. The minimum Gasteiger partial charge on any atom is -0.372 e. The lowest BCUT2D eigenvalue weighted by Gasteiger charge is -2.56. The topological polar surface area (TPSA) is 75.1 Å².